The Morgan fingerprint density at radius 1 is 1.25 bits per heavy atom. The lowest BCUT2D eigenvalue weighted by atomic mass is 10.1. The number of rotatable bonds is 4. The average Bonchev–Trinajstić information content (AvgIpc) is 2.47. The van der Waals surface area contributed by atoms with Crippen LogP contribution in [0.25, 0.3) is 0 Å². The first-order valence-corrected chi connectivity index (χ1v) is 6.78. The third-order valence-corrected chi connectivity index (χ3v) is 3.48. The van der Waals surface area contributed by atoms with E-state index in [0.717, 1.165) is 25.9 Å². The van der Waals surface area contributed by atoms with Gasteiger partial charge in [0.25, 0.3) is 5.91 Å². The first kappa shape index (κ1) is 14.5. The van der Waals surface area contributed by atoms with Gasteiger partial charge in [-0.3, -0.25) is 4.79 Å². The maximum absolute atomic E-state index is 12.2. The molecule has 1 amide bonds. The van der Waals surface area contributed by atoms with E-state index in [1.54, 1.807) is 24.1 Å². The van der Waals surface area contributed by atoms with Gasteiger partial charge in [0.2, 0.25) is 0 Å². The van der Waals surface area contributed by atoms with Crippen molar-refractivity contribution in [3.63, 3.8) is 0 Å². The standard InChI is InChI=1S/C15H19NO4/c1-16(10-13-4-2-3-9-20-13)14(17)11-5-7-12(8-6-11)15(18)19/h5-8,13H,2-4,9-10H2,1H3,(H,18,19). The predicted molar refractivity (Wildman–Crippen MR) is 74.0 cm³/mol. The quantitative estimate of drug-likeness (QED) is 0.914. The molecule has 0 aliphatic carbocycles. The Kier molecular flexibility index (Phi) is 4.74. The monoisotopic (exact) mass is 277 g/mol. The van der Waals surface area contributed by atoms with Gasteiger partial charge in [-0.25, -0.2) is 4.79 Å². The third kappa shape index (κ3) is 3.57. The molecule has 0 spiro atoms. The zero-order valence-corrected chi connectivity index (χ0v) is 11.5. The summed E-state index contributed by atoms with van der Waals surface area (Å²) in [4.78, 5) is 24.6. The van der Waals surface area contributed by atoms with Crippen LogP contribution in [0.3, 0.4) is 0 Å². The summed E-state index contributed by atoms with van der Waals surface area (Å²) < 4.78 is 5.61. The molecule has 1 unspecified atom stereocenters. The topological polar surface area (TPSA) is 66.8 Å². The molecule has 5 heteroatoms. The van der Waals surface area contributed by atoms with Crippen molar-refractivity contribution in [1.82, 2.24) is 4.90 Å². The lowest BCUT2D eigenvalue weighted by molar-refractivity contribution is -0.000187. The number of nitrogens with zero attached hydrogens (tertiary/aromatic N) is 1. The van der Waals surface area contributed by atoms with Gasteiger partial charge >= 0.3 is 5.97 Å². The molecule has 0 aromatic heterocycles. The highest BCUT2D eigenvalue weighted by molar-refractivity contribution is 5.95. The van der Waals surface area contributed by atoms with Gasteiger partial charge in [-0.1, -0.05) is 0 Å². The van der Waals surface area contributed by atoms with Crippen LogP contribution < -0.4 is 0 Å². The molecular formula is C15H19NO4. The van der Waals surface area contributed by atoms with Gasteiger partial charge in [0.15, 0.2) is 0 Å². The Morgan fingerprint density at radius 3 is 2.45 bits per heavy atom. The third-order valence-electron chi connectivity index (χ3n) is 3.48. The lowest BCUT2D eigenvalue weighted by Gasteiger charge is -2.27. The molecule has 108 valence electrons. The highest BCUT2D eigenvalue weighted by atomic mass is 16.5. The molecule has 1 heterocycles. The largest absolute Gasteiger partial charge is 0.478 e. The number of carbonyl (C=O) groups excluding carboxylic acids is 1. The minimum atomic E-state index is -0.993. The van der Waals surface area contributed by atoms with E-state index in [0.29, 0.717) is 12.1 Å². The first-order valence-electron chi connectivity index (χ1n) is 6.78. The van der Waals surface area contributed by atoms with Crippen molar-refractivity contribution in [1.29, 1.82) is 0 Å². The number of hydrogen-bond acceptors (Lipinski definition) is 3. The summed E-state index contributed by atoms with van der Waals surface area (Å²) >= 11 is 0. The van der Waals surface area contributed by atoms with Crippen molar-refractivity contribution >= 4 is 11.9 Å². The Hall–Kier alpha value is -1.88. The zero-order valence-electron chi connectivity index (χ0n) is 11.5. The second-order valence-corrected chi connectivity index (χ2v) is 5.06. The van der Waals surface area contributed by atoms with Gasteiger partial charge in [0, 0.05) is 25.8 Å². The highest BCUT2D eigenvalue weighted by Crippen LogP contribution is 2.15. The van der Waals surface area contributed by atoms with Gasteiger partial charge in [0.05, 0.1) is 11.7 Å². The molecule has 1 N–H and O–H groups in total. The smallest absolute Gasteiger partial charge is 0.335 e. The minimum absolute atomic E-state index is 0.107. The summed E-state index contributed by atoms with van der Waals surface area (Å²) in [6, 6.07) is 5.98. The number of aromatic carboxylic acids is 1. The predicted octanol–water partition coefficient (Wildman–Crippen LogP) is 2.03. The molecular weight excluding hydrogens is 258 g/mol. The van der Waals surface area contributed by atoms with Crippen molar-refractivity contribution in [3.05, 3.63) is 35.4 Å². The molecule has 0 radical (unpaired) electrons. The molecule has 1 saturated heterocycles. The molecule has 0 bridgehead atoms. The molecule has 5 nitrogen and oxygen atoms in total. The van der Waals surface area contributed by atoms with E-state index in [4.69, 9.17) is 9.84 Å². The second kappa shape index (κ2) is 6.52. The number of amides is 1. The fourth-order valence-electron chi connectivity index (χ4n) is 2.32. The molecule has 1 aromatic carbocycles. The van der Waals surface area contributed by atoms with E-state index in [1.165, 1.54) is 12.1 Å². The highest BCUT2D eigenvalue weighted by Gasteiger charge is 2.19. The number of carbonyl (C=O) groups is 2. The molecule has 1 aliphatic heterocycles. The summed E-state index contributed by atoms with van der Waals surface area (Å²) in [5.74, 6) is -1.11. The number of carboxylic acids is 1. The first-order chi connectivity index (χ1) is 9.58. The molecule has 1 fully saturated rings. The maximum atomic E-state index is 12.2. The Bertz CT molecular complexity index is 477. The van der Waals surface area contributed by atoms with Gasteiger partial charge < -0.3 is 14.7 Å². The molecule has 0 saturated carbocycles. The van der Waals surface area contributed by atoms with Gasteiger partial charge in [0.1, 0.15) is 0 Å². The van der Waals surface area contributed by atoms with Gasteiger partial charge in [-0.05, 0) is 43.5 Å². The van der Waals surface area contributed by atoms with E-state index < -0.39 is 5.97 Å². The van der Waals surface area contributed by atoms with E-state index in [9.17, 15) is 9.59 Å². The van der Waals surface area contributed by atoms with Crippen LogP contribution in [0, 0.1) is 0 Å². The Labute approximate surface area is 118 Å². The van der Waals surface area contributed by atoms with Crippen LogP contribution in [0.15, 0.2) is 24.3 Å². The summed E-state index contributed by atoms with van der Waals surface area (Å²) in [5.41, 5.74) is 0.674. The fourth-order valence-corrected chi connectivity index (χ4v) is 2.32. The van der Waals surface area contributed by atoms with Crippen LogP contribution in [0.1, 0.15) is 40.0 Å². The van der Waals surface area contributed by atoms with Crippen LogP contribution in [-0.4, -0.2) is 48.2 Å². The number of benzene rings is 1. The van der Waals surface area contributed by atoms with E-state index >= 15 is 0 Å². The number of ether oxygens (including phenoxy) is 1. The van der Waals surface area contributed by atoms with Gasteiger partial charge in [-0.15, -0.1) is 0 Å². The minimum Gasteiger partial charge on any atom is -0.478 e. The molecule has 20 heavy (non-hydrogen) atoms. The van der Waals surface area contributed by atoms with Crippen molar-refractivity contribution in [2.45, 2.75) is 25.4 Å². The van der Waals surface area contributed by atoms with E-state index in [2.05, 4.69) is 0 Å². The van der Waals surface area contributed by atoms with Crippen molar-refractivity contribution in [3.8, 4) is 0 Å². The number of likely N-dealkylation sites (N-methyl/N-ethyl adjacent to an activating group) is 1. The summed E-state index contributed by atoms with van der Waals surface area (Å²) in [5, 5.41) is 8.83. The molecule has 1 atom stereocenters. The number of hydrogen-bond donors (Lipinski definition) is 1. The molecule has 2 rings (SSSR count). The Balaban J connectivity index is 1.96. The normalized spacial score (nSPS) is 18.6. The second-order valence-electron chi connectivity index (χ2n) is 5.06. The van der Waals surface area contributed by atoms with Crippen LogP contribution in [0.5, 0.6) is 0 Å². The molecule has 1 aromatic rings. The van der Waals surface area contributed by atoms with Gasteiger partial charge in [-0.2, -0.15) is 0 Å². The molecule has 1 aliphatic rings. The SMILES string of the molecule is CN(CC1CCCCO1)C(=O)c1ccc(C(=O)O)cc1. The summed E-state index contributed by atoms with van der Waals surface area (Å²) in [6.07, 6.45) is 3.32. The zero-order chi connectivity index (χ0) is 14.5. The lowest BCUT2D eigenvalue weighted by Crippen LogP contribution is -2.37. The van der Waals surface area contributed by atoms with Crippen molar-refractivity contribution in [2.24, 2.45) is 0 Å². The van der Waals surface area contributed by atoms with Crippen molar-refractivity contribution < 1.29 is 19.4 Å². The summed E-state index contributed by atoms with van der Waals surface area (Å²) in [6.45, 7) is 1.33. The van der Waals surface area contributed by atoms with Crippen LogP contribution in [0.2, 0.25) is 0 Å². The maximum Gasteiger partial charge on any atom is 0.335 e. The van der Waals surface area contributed by atoms with E-state index in [1.807, 2.05) is 0 Å². The average molecular weight is 277 g/mol. The Morgan fingerprint density at radius 2 is 1.90 bits per heavy atom. The van der Waals surface area contributed by atoms with Crippen LogP contribution >= 0.6 is 0 Å². The van der Waals surface area contributed by atoms with Crippen LogP contribution in [0.4, 0.5) is 0 Å². The van der Waals surface area contributed by atoms with E-state index in [-0.39, 0.29) is 17.6 Å². The van der Waals surface area contributed by atoms with Crippen molar-refractivity contribution in [2.75, 3.05) is 20.2 Å². The summed E-state index contributed by atoms with van der Waals surface area (Å²) in [7, 11) is 1.74. The number of carboxylic acid groups (broad SMARTS) is 1. The fraction of sp³-hybridized carbons (Fsp3) is 0.467. The van der Waals surface area contributed by atoms with Crippen LogP contribution in [-0.2, 0) is 4.74 Å².